The van der Waals surface area contributed by atoms with Crippen molar-refractivity contribution in [3.63, 3.8) is 0 Å². The molecule has 0 bridgehead atoms. The summed E-state index contributed by atoms with van der Waals surface area (Å²) in [6.07, 6.45) is 0.876. The van der Waals surface area contributed by atoms with E-state index in [1.54, 1.807) is 25.6 Å². The molecule has 2 aromatic heterocycles. The van der Waals surface area contributed by atoms with Crippen molar-refractivity contribution < 1.29 is 14.3 Å². The molecule has 7 heteroatoms. The number of benzene rings is 2. The lowest BCUT2D eigenvalue weighted by Gasteiger charge is -2.13. The Morgan fingerprint density at radius 3 is 2.29 bits per heavy atom. The van der Waals surface area contributed by atoms with Crippen LogP contribution in [-0.4, -0.2) is 35.7 Å². The number of carbonyl (C=O) groups is 1. The number of ether oxygens (including phenoxy) is 2. The third-order valence-corrected chi connectivity index (χ3v) is 7.10. The molecule has 0 aliphatic heterocycles. The molecule has 0 aliphatic carbocycles. The summed E-state index contributed by atoms with van der Waals surface area (Å²) in [6.45, 7) is 6.70. The number of amides is 1. The minimum Gasteiger partial charge on any atom is -0.497 e. The predicted octanol–water partition coefficient (Wildman–Crippen LogP) is 6.18. The van der Waals surface area contributed by atoms with Crippen LogP contribution in [0.1, 0.15) is 41.9 Å². The summed E-state index contributed by atoms with van der Waals surface area (Å²) in [4.78, 5) is 18.0. The van der Waals surface area contributed by atoms with Gasteiger partial charge in [-0.2, -0.15) is 0 Å². The number of nitrogens with one attached hydrogen (secondary N) is 1. The Kier molecular flexibility index (Phi) is 7.56. The SMILES string of the molecule is CCC(C)NC(=O)c1cc(-c2csc(-c3ccc(OC)cc3)n2)n(Cc2ccc(OC)cc2)c1C. The van der Waals surface area contributed by atoms with E-state index < -0.39 is 0 Å². The molecule has 4 aromatic rings. The van der Waals surface area contributed by atoms with Gasteiger partial charge in [0.05, 0.1) is 31.2 Å². The third-order valence-electron chi connectivity index (χ3n) is 6.20. The van der Waals surface area contributed by atoms with Gasteiger partial charge < -0.3 is 19.4 Å². The Morgan fingerprint density at radius 1 is 1.06 bits per heavy atom. The zero-order valence-electron chi connectivity index (χ0n) is 20.8. The maximum absolute atomic E-state index is 13.1. The van der Waals surface area contributed by atoms with Crippen LogP contribution in [0.5, 0.6) is 11.5 Å². The fourth-order valence-electron chi connectivity index (χ4n) is 3.87. The maximum Gasteiger partial charge on any atom is 0.253 e. The van der Waals surface area contributed by atoms with E-state index in [1.165, 1.54) is 0 Å². The van der Waals surface area contributed by atoms with Crippen molar-refractivity contribution in [2.24, 2.45) is 0 Å². The van der Waals surface area contributed by atoms with E-state index in [0.29, 0.717) is 12.1 Å². The number of thiazole rings is 1. The van der Waals surface area contributed by atoms with Crippen molar-refractivity contribution in [1.82, 2.24) is 14.9 Å². The normalized spacial score (nSPS) is 11.8. The van der Waals surface area contributed by atoms with Crippen molar-refractivity contribution in [3.8, 4) is 33.5 Å². The van der Waals surface area contributed by atoms with Crippen LogP contribution in [0.3, 0.4) is 0 Å². The Hall–Kier alpha value is -3.58. The van der Waals surface area contributed by atoms with E-state index in [4.69, 9.17) is 14.5 Å². The number of carbonyl (C=O) groups excluding carboxylic acids is 1. The molecule has 0 spiro atoms. The number of nitrogens with zero attached hydrogens (tertiary/aromatic N) is 2. The van der Waals surface area contributed by atoms with Crippen molar-refractivity contribution in [1.29, 1.82) is 0 Å². The van der Waals surface area contributed by atoms with E-state index in [2.05, 4.69) is 22.2 Å². The number of hydrogen-bond donors (Lipinski definition) is 1. The minimum absolute atomic E-state index is 0.0582. The summed E-state index contributed by atoms with van der Waals surface area (Å²) in [7, 11) is 3.32. The van der Waals surface area contributed by atoms with Crippen LogP contribution in [0.15, 0.2) is 60.0 Å². The summed E-state index contributed by atoms with van der Waals surface area (Å²) in [5.41, 5.74) is 5.50. The summed E-state index contributed by atoms with van der Waals surface area (Å²) in [5.74, 6) is 1.57. The number of aromatic nitrogens is 2. The minimum atomic E-state index is -0.0582. The van der Waals surface area contributed by atoms with E-state index in [0.717, 1.165) is 51.1 Å². The van der Waals surface area contributed by atoms with Crippen LogP contribution < -0.4 is 14.8 Å². The Bertz CT molecular complexity index is 1290. The molecule has 4 rings (SSSR count). The molecular weight excluding hydrogens is 458 g/mol. The van der Waals surface area contributed by atoms with Crippen LogP contribution in [0, 0.1) is 6.92 Å². The van der Waals surface area contributed by atoms with Gasteiger partial charge in [-0.15, -0.1) is 11.3 Å². The first kappa shape index (κ1) is 24.5. The van der Waals surface area contributed by atoms with Gasteiger partial charge in [0.15, 0.2) is 0 Å². The zero-order valence-corrected chi connectivity index (χ0v) is 21.6. The smallest absolute Gasteiger partial charge is 0.253 e. The van der Waals surface area contributed by atoms with Crippen molar-refractivity contribution >= 4 is 17.2 Å². The molecule has 0 fully saturated rings. The van der Waals surface area contributed by atoms with Gasteiger partial charge >= 0.3 is 0 Å². The fraction of sp³-hybridized carbons (Fsp3) is 0.286. The quantitative estimate of drug-likeness (QED) is 0.305. The predicted molar refractivity (Wildman–Crippen MR) is 142 cm³/mol. The van der Waals surface area contributed by atoms with Crippen LogP contribution >= 0.6 is 11.3 Å². The van der Waals surface area contributed by atoms with Crippen LogP contribution in [0.2, 0.25) is 0 Å². The lowest BCUT2D eigenvalue weighted by Crippen LogP contribution is -2.32. The first-order valence-electron chi connectivity index (χ1n) is 11.7. The molecule has 1 atom stereocenters. The monoisotopic (exact) mass is 489 g/mol. The van der Waals surface area contributed by atoms with Crippen LogP contribution in [0.4, 0.5) is 0 Å². The van der Waals surface area contributed by atoms with Gasteiger partial charge in [-0.3, -0.25) is 4.79 Å². The topological polar surface area (TPSA) is 65.4 Å². The largest absolute Gasteiger partial charge is 0.497 e. The molecule has 1 amide bonds. The van der Waals surface area contributed by atoms with E-state index >= 15 is 0 Å². The molecule has 0 saturated heterocycles. The standard InChI is InChI=1S/C28H31N3O3S/c1-6-18(2)29-27(32)24-15-26(31(19(24)3)16-20-7-11-22(33-4)12-8-20)25-17-35-28(30-25)21-9-13-23(34-5)14-10-21/h7-15,17-18H,6,16H2,1-5H3,(H,29,32). The van der Waals surface area contributed by atoms with Gasteiger partial charge in [0.1, 0.15) is 16.5 Å². The molecule has 1 N–H and O–H groups in total. The highest BCUT2D eigenvalue weighted by atomic mass is 32.1. The highest BCUT2D eigenvalue weighted by molar-refractivity contribution is 7.13. The highest BCUT2D eigenvalue weighted by Crippen LogP contribution is 2.33. The van der Waals surface area contributed by atoms with E-state index in [1.807, 2.05) is 68.4 Å². The second-order valence-corrected chi connectivity index (χ2v) is 9.37. The fourth-order valence-corrected chi connectivity index (χ4v) is 4.69. The number of hydrogen-bond acceptors (Lipinski definition) is 5. The summed E-state index contributed by atoms with van der Waals surface area (Å²) in [6, 6.07) is 18.0. The molecule has 1 unspecified atom stereocenters. The van der Waals surface area contributed by atoms with Crippen molar-refractivity contribution in [3.05, 3.63) is 76.8 Å². The zero-order chi connectivity index (χ0) is 24.9. The third kappa shape index (κ3) is 5.41. The summed E-state index contributed by atoms with van der Waals surface area (Å²) in [5, 5.41) is 6.07. The Balaban J connectivity index is 1.73. The highest BCUT2D eigenvalue weighted by Gasteiger charge is 2.21. The van der Waals surface area contributed by atoms with Crippen LogP contribution in [0.25, 0.3) is 22.0 Å². The lowest BCUT2D eigenvalue weighted by molar-refractivity contribution is 0.0938. The molecular formula is C28H31N3O3S. The average Bonchev–Trinajstić information content (AvgIpc) is 3.50. The average molecular weight is 490 g/mol. The molecule has 182 valence electrons. The van der Waals surface area contributed by atoms with Gasteiger partial charge in [0.2, 0.25) is 0 Å². The van der Waals surface area contributed by atoms with E-state index in [9.17, 15) is 4.79 Å². The molecule has 0 saturated carbocycles. The second-order valence-electron chi connectivity index (χ2n) is 8.51. The molecule has 2 aromatic carbocycles. The summed E-state index contributed by atoms with van der Waals surface area (Å²) < 4.78 is 12.7. The van der Waals surface area contributed by atoms with Gasteiger partial charge in [-0.25, -0.2) is 4.98 Å². The molecule has 35 heavy (non-hydrogen) atoms. The first-order valence-corrected chi connectivity index (χ1v) is 12.6. The summed E-state index contributed by atoms with van der Waals surface area (Å²) >= 11 is 1.59. The van der Waals surface area contributed by atoms with Gasteiger partial charge in [-0.05, 0) is 68.3 Å². The number of methoxy groups -OCH3 is 2. The first-order chi connectivity index (χ1) is 16.9. The molecule has 2 heterocycles. The molecule has 0 aliphatic rings. The lowest BCUT2D eigenvalue weighted by atomic mass is 10.2. The van der Waals surface area contributed by atoms with Gasteiger partial charge in [0.25, 0.3) is 5.91 Å². The van der Waals surface area contributed by atoms with Gasteiger partial charge in [0, 0.05) is 29.2 Å². The molecule has 0 radical (unpaired) electrons. The Labute approximate surface area is 210 Å². The number of rotatable bonds is 9. The molecule has 6 nitrogen and oxygen atoms in total. The maximum atomic E-state index is 13.1. The van der Waals surface area contributed by atoms with Crippen LogP contribution in [-0.2, 0) is 6.54 Å². The Morgan fingerprint density at radius 2 is 1.69 bits per heavy atom. The van der Waals surface area contributed by atoms with Crippen molar-refractivity contribution in [2.45, 2.75) is 39.8 Å². The second kappa shape index (κ2) is 10.8. The van der Waals surface area contributed by atoms with Gasteiger partial charge in [-0.1, -0.05) is 19.1 Å². The van der Waals surface area contributed by atoms with Crippen molar-refractivity contribution in [2.75, 3.05) is 14.2 Å². The van der Waals surface area contributed by atoms with E-state index in [-0.39, 0.29) is 11.9 Å².